The molecular weight excluding hydrogens is 266 g/mol. The van der Waals surface area contributed by atoms with Gasteiger partial charge in [0.25, 0.3) is 5.91 Å². The number of benzene rings is 1. The number of hydrogen-bond acceptors (Lipinski definition) is 3. The molecule has 1 aromatic heterocycles. The molecule has 21 heavy (non-hydrogen) atoms. The van der Waals surface area contributed by atoms with Gasteiger partial charge in [0, 0.05) is 18.7 Å². The fraction of sp³-hybridized carbons (Fsp3) is 0.375. The van der Waals surface area contributed by atoms with Crippen LogP contribution in [0.25, 0.3) is 11.3 Å². The lowest BCUT2D eigenvalue weighted by atomic mass is 10.1. The fourth-order valence-corrected chi connectivity index (χ4v) is 2.37. The minimum absolute atomic E-state index is 0.0930. The summed E-state index contributed by atoms with van der Waals surface area (Å²) >= 11 is 0. The number of amides is 1. The molecule has 2 aromatic rings. The SMILES string of the molecule is COc1ccc(-c2cc(C(=O)NC3CC3)nn2C)cc1C. The van der Waals surface area contributed by atoms with Crippen LogP contribution < -0.4 is 10.1 Å². The summed E-state index contributed by atoms with van der Waals surface area (Å²) in [5, 5.41) is 7.27. The van der Waals surface area contributed by atoms with Gasteiger partial charge in [0.1, 0.15) is 5.75 Å². The monoisotopic (exact) mass is 285 g/mol. The predicted molar refractivity (Wildman–Crippen MR) is 80.4 cm³/mol. The van der Waals surface area contributed by atoms with Crippen molar-refractivity contribution in [3.05, 3.63) is 35.5 Å². The molecule has 1 aliphatic rings. The second kappa shape index (κ2) is 5.24. The molecular formula is C16H19N3O2. The molecule has 1 N–H and O–H groups in total. The van der Waals surface area contributed by atoms with Crippen molar-refractivity contribution in [2.45, 2.75) is 25.8 Å². The molecule has 0 radical (unpaired) electrons. The van der Waals surface area contributed by atoms with Gasteiger partial charge in [0.05, 0.1) is 12.8 Å². The Balaban J connectivity index is 1.89. The molecule has 0 atom stereocenters. The van der Waals surface area contributed by atoms with Crippen LogP contribution in [0.5, 0.6) is 5.75 Å². The Kier molecular flexibility index (Phi) is 3.41. The van der Waals surface area contributed by atoms with Crippen LogP contribution in [-0.4, -0.2) is 28.8 Å². The lowest BCUT2D eigenvalue weighted by Crippen LogP contribution is -2.25. The summed E-state index contributed by atoms with van der Waals surface area (Å²) in [7, 11) is 3.51. The number of rotatable bonds is 4. The van der Waals surface area contributed by atoms with Gasteiger partial charge < -0.3 is 10.1 Å². The van der Waals surface area contributed by atoms with Gasteiger partial charge in [0.2, 0.25) is 0 Å². The summed E-state index contributed by atoms with van der Waals surface area (Å²) in [6.45, 7) is 2.00. The Morgan fingerprint density at radius 1 is 1.38 bits per heavy atom. The number of hydrogen-bond donors (Lipinski definition) is 1. The van der Waals surface area contributed by atoms with Crippen LogP contribution in [0.15, 0.2) is 24.3 Å². The van der Waals surface area contributed by atoms with Crippen molar-refractivity contribution in [1.29, 1.82) is 0 Å². The number of aryl methyl sites for hydroxylation is 2. The molecule has 0 bridgehead atoms. The van der Waals surface area contributed by atoms with E-state index in [1.165, 1.54) is 0 Å². The summed E-state index contributed by atoms with van der Waals surface area (Å²) in [4.78, 5) is 12.1. The first-order valence-electron chi connectivity index (χ1n) is 7.08. The van der Waals surface area contributed by atoms with Crippen molar-refractivity contribution < 1.29 is 9.53 Å². The zero-order valence-electron chi connectivity index (χ0n) is 12.5. The van der Waals surface area contributed by atoms with Crippen LogP contribution in [0.3, 0.4) is 0 Å². The van der Waals surface area contributed by atoms with Gasteiger partial charge >= 0.3 is 0 Å². The lowest BCUT2D eigenvalue weighted by Gasteiger charge is -2.07. The van der Waals surface area contributed by atoms with Gasteiger partial charge in [-0.05, 0) is 49.6 Å². The van der Waals surface area contributed by atoms with E-state index < -0.39 is 0 Å². The van der Waals surface area contributed by atoms with E-state index in [0.717, 1.165) is 35.4 Å². The third-order valence-corrected chi connectivity index (χ3v) is 3.72. The van der Waals surface area contributed by atoms with E-state index in [-0.39, 0.29) is 5.91 Å². The third kappa shape index (κ3) is 2.77. The number of nitrogens with one attached hydrogen (secondary N) is 1. The largest absolute Gasteiger partial charge is 0.496 e. The Bertz CT molecular complexity index is 687. The van der Waals surface area contributed by atoms with Crippen molar-refractivity contribution in [1.82, 2.24) is 15.1 Å². The Labute approximate surface area is 123 Å². The minimum atomic E-state index is -0.0930. The number of carbonyl (C=O) groups is 1. The van der Waals surface area contributed by atoms with Crippen molar-refractivity contribution in [2.24, 2.45) is 7.05 Å². The van der Waals surface area contributed by atoms with Gasteiger partial charge in [-0.3, -0.25) is 9.48 Å². The first-order chi connectivity index (χ1) is 10.1. The van der Waals surface area contributed by atoms with Crippen LogP contribution >= 0.6 is 0 Å². The molecule has 1 saturated carbocycles. The second-order valence-electron chi connectivity index (χ2n) is 5.47. The highest BCUT2D eigenvalue weighted by Crippen LogP contribution is 2.26. The molecule has 0 saturated heterocycles. The van der Waals surface area contributed by atoms with E-state index in [1.54, 1.807) is 11.8 Å². The predicted octanol–water partition coefficient (Wildman–Crippen LogP) is 2.30. The zero-order valence-corrected chi connectivity index (χ0v) is 12.5. The van der Waals surface area contributed by atoms with Crippen LogP contribution in [0.2, 0.25) is 0 Å². The van der Waals surface area contributed by atoms with Crippen LogP contribution in [0, 0.1) is 6.92 Å². The highest BCUT2D eigenvalue weighted by atomic mass is 16.5. The molecule has 5 nitrogen and oxygen atoms in total. The van der Waals surface area contributed by atoms with E-state index in [9.17, 15) is 4.79 Å². The molecule has 1 fully saturated rings. The zero-order chi connectivity index (χ0) is 15.0. The molecule has 1 heterocycles. The van der Waals surface area contributed by atoms with Crippen molar-refractivity contribution in [3.8, 4) is 17.0 Å². The summed E-state index contributed by atoms with van der Waals surface area (Å²) in [5.41, 5.74) is 3.46. The molecule has 1 aromatic carbocycles. The maximum Gasteiger partial charge on any atom is 0.272 e. The summed E-state index contributed by atoms with van der Waals surface area (Å²) < 4.78 is 7.01. The minimum Gasteiger partial charge on any atom is -0.496 e. The molecule has 1 aliphatic carbocycles. The van der Waals surface area contributed by atoms with Crippen LogP contribution in [-0.2, 0) is 7.05 Å². The van der Waals surface area contributed by atoms with Gasteiger partial charge in [0.15, 0.2) is 5.69 Å². The van der Waals surface area contributed by atoms with Gasteiger partial charge in [-0.15, -0.1) is 0 Å². The number of carbonyl (C=O) groups excluding carboxylic acids is 1. The third-order valence-electron chi connectivity index (χ3n) is 3.72. The topological polar surface area (TPSA) is 56.1 Å². The smallest absolute Gasteiger partial charge is 0.272 e. The average molecular weight is 285 g/mol. The van der Waals surface area contributed by atoms with Gasteiger partial charge in [-0.25, -0.2) is 0 Å². The van der Waals surface area contributed by atoms with Gasteiger partial charge in [-0.1, -0.05) is 0 Å². The number of nitrogens with zero attached hydrogens (tertiary/aromatic N) is 2. The van der Waals surface area contributed by atoms with Crippen LogP contribution in [0.4, 0.5) is 0 Å². The molecule has 1 amide bonds. The molecule has 0 unspecified atom stereocenters. The molecule has 3 rings (SSSR count). The van der Waals surface area contributed by atoms with E-state index in [0.29, 0.717) is 11.7 Å². The van der Waals surface area contributed by atoms with Crippen LogP contribution in [0.1, 0.15) is 28.9 Å². The highest BCUT2D eigenvalue weighted by molar-refractivity contribution is 5.93. The second-order valence-corrected chi connectivity index (χ2v) is 5.47. The first-order valence-corrected chi connectivity index (χ1v) is 7.08. The highest BCUT2D eigenvalue weighted by Gasteiger charge is 2.25. The Morgan fingerprint density at radius 3 is 2.76 bits per heavy atom. The standard InChI is InChI=1S/C16H19N3O2/c1-10-8-11(4-7-15(10)21-3)14-9-13(18-19(14)2)16(20)17-12-5-6-12/h4,7-9,12H,5-6H2,1-3H3,(H,17,20). The average Bonchev–Trinajstić information content (AvgIpc) is 3.18. The quantitative estimate of drug-likeness (QED) is 0.937. The number of methoxy groups -OCH3 is 1. The van der Waals surface area contributed by atoms with Crippen molar-refractivity contribution in [2.75, 3.05) is 7.11 Å². The maximum atomic E-state index is 12.1. The lowest BCUT2D eigenvalue weighted by molar-refractivity contribution is 0.0945. The Morgan fingerprint density at radius 2 is 2.14 bits per heavy atom. The molecule has 110 valence electrons. The molecule has 0 aliphatic heterocycles. The normalized spacial score (nSPS) is 14.0. The van der Waals surface area contributed by atoms with E-state index in [1.807, 2.05) is 38.2 Å². The van der Waals surface area contributed by atoms with E-state index >= 15 is 0 Å². The number of aromatic nitrogens is 2. The molecule has 5 heteroatoms. The molecule has 0 spiro atoms. The van der Waals surface area contributed by atoms with Gasteiger partial charge in [-0.2, -0.15) is 5.10 Å². The fourth-order valence-electron chi connectivity index (χ4n) is 2.37. The number of ether oxygens (including phenoxy) is 1. The van der Waals surface area contributed by atoms with Crippen molar-refractivity contribution >= 4 is 5.91 Å². The van der Waals surface area contributed by atoms with Crippen molar-refractivity contribution in [3.63, 3.8) is 0 Å². The first kappa shape index (κ1) is 13.7. The van der Waals surface area contributed by atoms with E-state index in [2.05, 4.69) is 10.4 Å². The summed E-state index contributed by atoms with van der Waals surface area (Å²) in [6, 6.07) is 8.12. The maximum absolute atomic E-state index is 12.1. The van der Waals surface area contributed by atoms with E-state index in [4.69, 9.17) is 4.74 Å². The Hall–Kier alpha value is -2.30. The summed E-state index contributed by atoms with van der Waals surface area (Å²) in [6.07, 6.45) is 2.15. The summed E-state index contributed by atoms with van der Waals surface area (Å²) in [5.74, 6) is 0.761.